The van der Waals surface area contributed by atoms with Crippen molar-refractivity contribution in [2.45, 2.75) is 19.4 Å². The minimum atomic E-state index is -0.567. The average Bonchev–Trinajstić information content (AvgIpc) is 3.41. The van der Waals surface area contributed by atoms with E-state index in [4.69, 9.17) is 0 Å². The fourth-order valence-corrected chi connectivity index (χ4v) is 4.09. The standard InChI is InChI=1S/C25H24FN7O/c1-15-11-29-33-23(10-21(31-24(15)33)17-8-18(26)14-27-12-17)30-22(25(34)32(2)3)9-16-13-28-20-7-5-4-6-19(16)20/h4-8,10-14,22,28,30H,9H2,1-3H3/t22-/m1/s1. The molecule has 0 spiro atoms. The van der Waals surface area contributed by atoms with E-state index in [9.17, 15) is 9.18 Å². The summed E-state index contributed by atoms with van der Waals surface area (Å²) in [7, 11) is 3.46. The first kappa shape index (κ1) is 21.6. The molecule has 1 aromatic carbocycles. The van der Waals surface area contributed by atoms with Crippen molar-refractivity contribution in [2.75, 3.05) is 19.4 Å². The summed E-state index contributed by atoms with van der Waals surface area (Å²) in [5.41, 5.74) is 4.60. The number of benzene rings is 1. The summed E-state index contributed by atoms with van der Waals surface area (Å²) < 4.78 is 15.5. The van der Waals surface area contributed by atoms with Crippen LogP contribution in [0.5, 0.6) is 0 Å². The summed E-state index contributed by atoms with van der Waals surface area (Å²) >= 11 is 0. The number of nitrogens with zero attached hydrogens (tertiary/aromatic N) is 5. The van der Waals surface area contributed by atoms with Crippen LogP contribution in [0.4, 0.5) is 10.2 Å². The van der Waals surface area contributed by atoms with Gasteiger partial charge in [0.15, 0.2) is 5.65 Å². The van der Waals surface area contributed by atoms with Gasteiger partial charge in [-0.15, -0.1) is 0 Å². The van der Waals surface area contributed by atoms with Crippen LogP contribution in [0.1, 0.15) is 11.1 Å². The number of nitrogens with one attached hydrogen (secondary N) is 2. The number of H-pyrrole nitrogens is 1. The van der Waals surface area contributed by atoms with E-state index in [2.05, 4.69) is 25.4 Å². The van der Waals surface area contributed by atoms with E-state index < -0.39 is 11.9 Å². The minimum absolute atomic E-state index is 0.0758. The average molecular weight is 458 g/mol. The molecule has 0 unspecified atom stereocenters. The number of hydrogen-bond donors (Lipinski definition) is 2. The van der Waals surface area contributed by atoms with E-state index >= 15 is 0 Å². The molecule has 172 valence electrons. The quantitative estimate of drug-likeness (QED) is 0.404. The number of halogens is 1. The molecule has 34 heavy (non-hydrogen) atoms. The van der Waals surface area contributed by atoms with Crippen molar-refractivity contribution in [1.29, 1.82) is 0 Å². The maximum absolute atomic E-state index is 13.9. The molecule has 1 amide bonds. The summed E-state index contributed by atoms with van der Waals surface area (Å²) in [6, 6.07) is 10.6. The Kier molecular flexibility index (Phi) is 5.45. The van der Waals surface area contributed by atoms with Crippen molar-refractivity contribution >= 4 is 28.3 Å². The summed E-state index contributed by atoms with van der Waals surface area (Å²) in [6.45, 7) is 1.90. The molecule has 0 radical (unpaired) electrons. The molecule has 0 saturated carbocycles. The van der Waals surface area contributed by atoms with Gasteiger partial charge in [0, 0.05) is 61.0 Å². The number of aromatic amines is 1. The molecule has 2 N–H and O–H groups in total. The van der Waals surface area contributed by atoms with E-state index in [1.807, 2.05) is 37.4 Å². The fourth-order valence-electron chi connectivity index (χ4n) is 4.09. The topological polar surface area (TPSA) is 91.2 Å². The summed E-state index contributed by atoms with van der Waals surface area (Å²) in [5, 5.41) is 8.90. The van der Waals surface area contributed by atoms with Crippen LogP contribution >= 0.6 is 0 Å². The third-order valence-corrected chi connectivity index (χ3v) is 5.81. The van der Waals surface area contributed by atoms with Crippen molar-refractivity contribution in [1.82, 2.24) is 29.5 Å². The van der Waals surface area contributed by atoms with Crippen LogP contribution in [0.2, 0.25) is 0 Å². The Balaban J connectivity index is 1.58. The molecule has 0 aliphatic carbocycles. The molecule has 0 aliphatic heterocycles. The lowest BCUT2D eigenvalue weighted by atomic mass is 10.0. The predicted molar refractivity (Wildman–Crippen MR) is 129 cm³/mol. The van der Waals surface area contributed by atoms with Gasteiger partial charge in [-0.05, 0) is 24.6 Å². The maximum Gasteiger partial charge on any atom is 0.244 e. The molecule has 5 aromatic rings. The molecule has 0 aliphatic rings. The second-order valence-electron chi connectivity index (χ2n) is 8.47. The number of rotatable bonds is 6. The number of aryl methyl sites for hydroxylation is 1. The number of fused-ring (bicyclic) bond motifs is 2. The molecule has 4 heterocycles. The zero-order chi connectivity index (χ0) is 23.8. The second-order valence-corrected chi connectivity index (χ2v) is 8.47. The van der Waals surface area contributed by atoms with Gasteiger partial charge in [0.2, 0.25) is 5.91 Å². The minimum Gasteiger partial charge on any atom is -0.361 e. The predicted octanol–water partition coefficient (Wildman–Crippen LogP) is 3.83. The second kappa shape index (κ2) is 8.58. The summed E-state index contributed by atoms with van der Waals surface area (Å²) in [4.78, 5) is 26.7. The normalized spacial score (nSPS) is 12.2. The van der Waals surface area contributed by atoms with E-state index in [1.165, 1.54) is 6.07 Å². The van der Waals surface area contributed by atoms with Gasteiger partial charge in [-0.3, -0.25) is 9.78 Å². The lowest BCUT2D eigenvalue weighted by Gasteiger charge is -2.23. The Labute approximate surface area is 195 Å². The lowest BCUT2D eigenvalue weighted by Crippen LogP contribution is -2.40. The molecule has 9 heteroatoms. The van der Waals surface area contributed by atoms with Gasteiger partial charge in [-0.2, -0.15) is 9.61 Å². The molecule has 0 fully saturated rings. The van der Waals surface area contributed by atoms with Crippen LogP contribution in [0.3, 0.4) is 0 Å². The van der Waals surface area contributed by atoms with Crippen molar-refractivity contribution in [2.24, 2.45) is 0 Å². The number of pyridine rings is 1. The van der Waals surface area contributed by atoms with Gasteiger partial charge in [-0.25, -0.2) is 9.37 Å². The smallest absolute Gasteiger partial charge is 0.244 e. The lowest BCUT2D eigenvalue weighted by molar-refractivity contribution is -0.129. The van der Waals surface area contributed by atoms with Gasteiger partial charge < -0.3 is 15.2 Å². The van der Waals surface area contributed by atoms with Gasteiger partial charge in [-0.1, -0.05) is 18.2 Å². The number of amides is 1. The third kappa shape index (κ3) is 3.96. The highest BCUT2D eigenvalue weighted by Crippen LogP contribution is 2.26. The third-order valence-electron chi connectivity index (χ3n) is 5.81. The van der Waals surface area contributed by atoms with Crippen molar-refractivity contribution in [3.05, 3.63) is 78.1 Å². The molecule has 5 rings (SSSR count). The Morgan fingerprint density at radius 3 is 2.82 bits per heavy atom. The van der Waals surface area contributed by atoms with Crippen LogP contribution in [-0.4, -0.2) is 55.5 Å². The molecule has 0 saturated heterocycles. The van der Waals surface area contributed by atoms with Gasteiger partial charge in [0.05, 0.1) is 18.1 Å². The first-order chi connectivity index (χ1) is 16.4. The van der Waals surface area contributed by atoms with E-state index in [0.29, 0.717) is 29.1 Å². The van der Waals surface area contributed by atoms with Crippen molar-refractivity contribution in [3.8, 4) is 11.3 Å². The SMILES string of the molecule is Cc1cnn2c(N[C@H](Cc3c[nH]c4ccccc34)C(=O)N(C)C)cc(-c3cncc(F)c3)nc12. The summed E-state index contributed by atoms with van der Waals surface area (Å²) in [6.07, 6.45) is 6.82. The Hall–Kier alpha value is -4.27. The monoisotopic (exact) mass is 457 g/mol. The van der Waals surface area contributed by atoms with Gasteiger partial charge in [0.25, 0.3) is 0 Å². The molecule has 1 atom stereocenters. The van der Waals surface area contributed by atoms with Crippen molar-refractivity contribution in [3.63, 3.8) is 0 Å². The highest BCUT2D eigenvalue weighted by atomic mass is 19.1. The van der Waals surface area contributed by atoms with Crippen LogP contribution in [0, 0.1) is 12.7 Å². The molecular weight excluding hydrogens is 433 g/mol. The zero-order valence-corrected chi connectivity index (χ0v) is 19.1. The summed E-state index contributed by atoms with van der Waals surface area (Å²) in [5.74, 6) is 0.0596. The Morgan fingerprint density at radius 2 is 2.03 bits per heavy atom. The van der Waals surface area contributed by atoms with Crippen molar-refractivity contribution < 1.29 is 9.18 Å². The fraction of sp³-hybridized carbons (Fsp3) is 0.200. The Morgan fingerprint density at radius 1 is 1.21 bits per heavy atom. The zero-order valence-electron chi connectivity index (χ0n) is 19.1. The van der Waals surface area contributed by atoms with Crippen LogP contribution in [0.15, 0.2) is 61.2 Å². The number of aromatic nitrogens is 5. The highest BCUT2D eigenvalue weighted by Gasteiger charge is 2.24. The van der Waals surface area contributed by atoms with Gasteiger partial charge in [0.1, 0.15) is 17.7 Å². The maximum atomic E-state index is 13.9. The largest absolute Gasteiger partial charge is 0.361 e. The number of anilines is 1. The van der Waals surface area contributed by atoms with Gasteiger partial charge >= 0.3 is 0 Å². The van der Waals surface area contributed by atoms with Crippen LogP contribution in [-0.2, 0) is 11.2 Å². The van der Waals surface area contributed by atoms with Crippen LogP contribution in [0.25, 0.3) is 27.8 Å². The molecule has 8 nitrogen and oxygen atoms in total. The number of para-hydroxylation sites is 1. The number of carbonyl (C=O) groups excluding carboxylic acids is 1. The molecular formula is C25H24FN7O. The van der Waals surface area contributed by atoms with E-state index in [-0.39, 0.29) is 5.91 Å². The van der Waals surface area contributed by atoms with E-state index in [0.717, 1.165) is 28.2 Å². The number of hydrogen-bond acceptors (Lipinski definition) is 5. The first-order valence-corrected chi connectivity index (χ1v) is 10.9. The Bertz CT molecular complexity index is 1500. The highest BCUT2D eigenvalue weighted by molar-refractivity contribution is 5.87. The first-order valence-electron chi connectivity index (χ1n) is 10.9. The van der Waals surface area contributed by atoms with Crippen LogP contribution < -0.4 is 5.32 Å². The number of likely N-dealkylation sites (N-methyl/N-ethyl adjacent to an activating group) is 1. The van der Waals surface area contributed by atoms with E-state index in [1.54, 1.807) is 42.0 Å². The molecule has 4 aromatic heterocycles. The molecule has 0 bridgehead atoms. The number of carbonyl (C=O) groups is 1.